The van der Waals surface area contributed by atoms with Crippen molar-refractivity contribution >= 4 is 11.9 Å². The third-order valence-corrected chi connectivity index (χ3v) is 5.79. The Labute approximate surface area is 145 Å². The third-order valence-electron chi connectivity index (χ3n) is 5.79. The topological polar surface area (TPSA) is 113 Å². The zero-order valence-corrected chi connectivity index (χ0v) is 14.4. The Bertz CT molecular complexity index is 666. The smallest absolute Gasteiger partial charge is 0.333 e. The van der Waals surface area contributed by atoms with E-state index >= 15 is 0 Å². The Kier molecular flexibility index (Phi) is 3.91. The Morgan fingerprint density at radius 2 is 1.60 bits per heavy atom. The summed E-state index contributed by atoms with van der Waals surface area (Å²) in [4.78, 5) is 24.3. The minimum atomic E-state index is -2.74. The van der Waals surface area contributed by atoms with Gasteiger partial charge in [-0.2, -0.15) is 0 Å². The molecule has 25 heavy (non-hydrogen) atoms. The predicted molar refractivity (Wildman–Crippen MR) is 85.9 cm³/mol. The van der Waals surface area contributed by atoms with Crippen LogP contribution < -0.4 is 0 Å². The molecule has 4 aliphatic rings. The van der Waals surface area contributed by atoms with Crippen molar-refractivity contribution in [2.45, 2.75) is 62.6 Å². The minimum Gasteiger partial charge on any atom is -0.454 e. The molecule has 0 aromatic rings. The zero-order valence-electron chi connectivity index (χ0n) is 14.4. The van der Waals surface area contributed by atoms with E-state index in [1.165, 1.54) is 13.8 Å². The lowest BCUT2D eigenvalue weighted by atomic mass is 9.47. The maximum Gasteiger partial charge on any atom is 0.333 e. The summed E-state index contributed by atoms with van der Waals surface area (Å²) in [6, 6.07) is 0. The van der Waals surface area contributed by atoms with Gasteiger partial charge in [0.15, 0.2) is 6.10 Å². The first-order chi connectivity index (χ1) is 11.4. The molecule has 4 fully saturated rings. The maximum absolute atomic E-state index is 12.2. The molecule has 0 heterocycles. The SMILES string of the molecule is C=C(C)C(=O)OC1C2CC3CC(O)(C2)C(O)(O)C1(OC(=O)C(=C)C)C3. The van der Waals surface area contributed by atoms with Crippen LogP contribution in [0.25, 0.3) is 0 Å². The number of esters is 2. The molecule has 138 valence electrons. The van der Waals surface area contributed by atoms with Gasteiger partial charge >= 0.3 is 11.9 Å². The van der Waals surface area contributed by atoms with E-state index in [0.29, 0.717) is 6.42 Å². The van der Waals surface area contributed by atoms with Gasteiger partial charge in [-0.1, -0.05) is 13.2 Å². The molecule has 7 heteroatoms. The summed E-state index contributed by atoms with van der Waals surface area (Å²) < 4.78 is 11.0. The van der Waals surface area contributed by atoms with Crippen LogP contribution in [-0.4, -0.2) is 50.4 Å². The van der Waals surface area contributed by atoms with Crippen molar-refractivity contribution in [2.75, 3.05) is 0 Å². The van der Waals surface area contributed by atoms with Crippen molar-refractivity contribution < 1.29 is 34.4 Å². The van der Waals surface area contributed by atoms with Gasteiger partial charge < -0.3 is 24.8 Å². The molecular formula is C18H24O7. The first-order valence-corrected chi connectivity index (χ1v) is 8.36. The summed E-state index contributed by atoms with van der Waals surface area (Å²) in [5, 5.41) is 32.5. The van der Waals surface area contributed by atoms with Crippen LogP contribution in [-0.2, 0) is 19.1 Å². The number of ether oxygens (including phenoxy) is 2. The van der Waals surface area contributed by atoms with Gasteiger partial charge in [0.1, 0.15) is 5.60 Å². The highest BCUT2D eigenvalue weighted by molar-refractivity contribution is 5.88. The quantitative estimate of drug-likeness (QED) is 0.385. The van der Waals surface area contributed by atoms with Crippen LogP contribution in [0, 0.1) is 11.8 Å². The van der Waals surface area contributed by atoms with Crippen molar-refractivity contribution in [1.82, 2.24) is 0 Å². The summed E-state index contributed by atoms with van der Waals surface area (Å²) in [6.45, 7) is 9.95. The Balaban J connectivity index is 2.07. The fourth-order valence-corrected chi connectivity index (χ4v) is 4.75. The van der Waals surface area contributed by atoms with Gasteiger partial charge in [0.2, 0.25) is 11.4 Å². The second-order valence-corrected chi connectivity index (χ2v) is 7.84. The van der Waals surface area contributed by atoms with Gasteiger partial charge in [0.05, 0.1) is 0 Å². The fraction of sp³-hybridized carbons (Fsp3) is 0.667. The average Bonchev–Trinajstić information content (AvgIpc) is 2.48. The van der Waals surface area contributed by atoms with Gasteiger partial charge in [-0.15, -0.1) is 0 Å². The summed E-state index contributed by atoms with van der Waals surface area (Å²) in [7, 11) is 0. The summed E-state index contributed by atoms with van der Waals surface area (Å²) in [5.74, 6) is -4.67. The molecule has 4 rings (SSSR count). The molecule has 0 saturated heterocycles. The zero-order chi connectivity index (χ0) is 18.8. The molecule has 0 radical (unpaired) electrons. The van der Waals surface area contributed by atoms with Crippen molar-refractivity contribution in [3.05, 3.63) is 24.3 Å². The molecule has 7 nitrogen and oxygen atoms in total. The van der Waals surface area contributed by atoms with Crippen LogP contribution in [0.15, 0.2) is 24.3 Å². The first kappa shape index (κ1) is 18.1. The molecule has 0 aromatic heterocycles. The van der Waals surface area contributed by atoms with E-state index in [0.717, 1.165) is 0 Å². The van der Waals surface area contributed by atoms with Gasteiger partial charge in [-0.05, 0) is 45.4 Å². The molecule has 3 N–H and O–H groups in total. The Morgan fingerprint density at radius 1 is 1.00 bits per heavy atom. The standard InChI is InChI=1S/C18H24O7/c1-9(2)14(19)24-13-12-5-11-6-16(21,8-12)18(22,23)17(13,7-11)25-15(20)10(3)4/h11-13,21-23H,1,3,5-8H2,2,4H3. The van der Waals surface area contributed by atoms with Crippen molar-refractivity contribution in [2.24, 2.45) is 11.8 Å². The Morgan fingerprint density at radius 3 is 2.16 bits per heavy atom. The van der Waals surface area contributed by atoms with E-state index in [9.17, 15) is 24.9 Å². The molecule has 0 aliphatic heterocycles. The van der Waals surface area contributed by atoms with Crippen molar-refractivity contribution in [1.29, 1.82) is 0 Å². The summed E-state index contributed by atoms with van der Waals surface area (Å²) >= 11 is 0. The van der Waals surface area contributed by atoms with Crippen LogP contribution in [0.1, 0.15) is 39.5 Å². The van der Waals surface area contributed by atoms with Crippen LogP contribution in [0.3, 0.4) is 0 Å². The van der Waals surface area contributed by atoms with E-state index in [1.54, 1.807) is 0 Å². The van der Waals surface area contributed by atoms with Gasteiger partial charge in [-0.25, -0.2) is 9.59 Å². The lowest BCUT2D eigenvalue weighted by Gasteiger charge is -2.67. The van der Waals surface area contributed by atoms with Crippen molar-refractivity contribution in [3.8, 4) is 0 Å². The van der Waals surface area contributed by atoms with Crippen LogP contribution in [0.5, 0.6) is 0 Å². The van der Waals surface area contributed by atoms with E-state index in [-0.39, 0.29) is 42.2 Å². The summed E-state index contributed by atoms with van der Waals surface area (Å²) in [6.07, 6.45) is -0.0850. The van der Waals surface area contributed by atoms with Gasteiger partial charge in [0.25, 0.3) is 0 Å². The molecule has 0 amide bonds. The number of aliphatic hydroxyl groups is 3. The minimum absolute atomic E-state index is 0.0526. The first-order valence-electron chi connectivity index (χ1n) is 8.36. The average molecular weight is 352 g/mol. The second-order valence-electron chi connectivity index (χ2n) is 7.84. The molecule has 5 unspecified atom stereocenters. The summed E-state index contributed by atoms with van der Waals surface area (Å²) in [5.41, 5.74) is -3.54. The Hall–Kier alpha value is -1.70. The second kappa shape index (κ2) is 5.40. The largest absolute Gasteiger partial charge is 0.454 e. The highest BCUT2D eigenvalue weighted by Gasteiger charge is 2.79. The number of carbonyl (C=O) groups excluding carboxylic acids is 2. The van der Waals surface area contributed by atoms with Gasteiger partial charge in [0, 0.05) is 17.1 Å². The lowest BCUT2D eigenvalue weighted by molar-refractivity contribution is -0.427. The van der Waals surface area contributed by atoms with E-state index in [2.05, 4.69) is 13.2 Å². The maximum atomic E-state index is 12.2. The van der Waals surface area contributed by atoms with Crippen LogP contribution in [0.2, 0.25) is 0 Å². The number of carbonyl (C=O) groups is 2. The number of hydrogen-bond acceptors (Lipinski definition) is 7. The third kappa shape index (κ3) is 2.37. The molecule has 4 saturated carbocycles. The molecule has 0 spiro atoms. The highest BCUT2D eigenvalue weighted by atomic mass is 16.6. The predicted octanol–water partition coefficient (Wildman–Crippen LogP) is 0.578. The number of rotatable bonds is 4. The molecule has 0 aromatic carbocycles. The molecule has 4 aliphatic carbocycles. The van der Waals surface area contributed by atoms with E-state index < -0.39 is 35.0 Å². The van der Waals surface area contributed by atoms with Crippen molar-refractivity contribution in [3.63, 3.8) is 0 Å². The monoisotopic (exact) mass is 352 g/mol. The van der Waals surface area contributed by atoms with Crippen LogP contribution in [0.4, 0.5) is 0 Å². The van der Waals surface area contributed by atoms with E-state index in [4.69, 9.17) is 9.47 Å². The highest BCUT2D eigenvalue weighted by Crippen LogP contribution is 2.63. The normalized spacial score (nSPS) is 40.4. The fourth-order valence-electron chi connectivity index (χ4n) is 4.75. The molecule has 4 bridgehead atoms. The molecular weight excluding hydrogens is 328 g/mol. The lowest BCUT2D eigenvalue weighted by Crippen LogP contribution is -2.83. The van der Waals surface area contributed by atoms with Crippen LogP contribution >= 0.6 is 0 Å². The number of hydrogen-bond donors (Lipinski definition) is 3. The molecule has 5 atom stereocenters. The van der Waals surface area contributed by atoms with Gasteiger partial charge in [-0.3, -0.25) is 0 Å². The van der Waals surface area contributed by atoms with E-state index in [1.807, 2.05) is 0 Å².